The van der Waals surface area contributed by atoms with Gasteiger partial charge in [-0.1, -0.05) is 0 Å². The minimum absolute atomic E-state index is 0.0553. The van der Waals surface area contributed by atoms with Gasteiger partial charge in [-0.15, -0.1) is 0 Å². The van der Waals surface area contributed by atoms with Gasteiger partial charge in [0.1, 0.15) is 0 Å². The predicted octanol–water partition coefficient (Wildman–Crippen LogP) is 0.495. The quantitative estimate of drug-likeness (QED) is 0.793. The molecule has 1 amide bonds. The lowest BCUT2D eigenvalue weighted by Gasteiger charge is -2.32. The first-order chi connectivity index (χ1) is 9.78. The van der Waals surface area contributed by atoms with Gasteiger partial charge in [-0.3, -0.25) is 9.69 Å². The zero-order valence-electron chi connectivity index (χ0n) is 11.9. The van der Waals surface area contributed by atoms with Crippen LogP contribution in [-0.2, 0) is 9.53 Å². The summed E-state index contributed by atoms with van der Waals surface area (Å²) < 4.78 is 42.1. The molecule has 1 unspecified atom stereocenters. The summed E-state index contributed by atoms with van der Waals surface area (Å²) in [5, 5.41) is 2.79. The highest BCUT2D eigenvalue weighted by molar-refractivity contribution is 5.86. The number of rotatable bonds is 4. The molecule has 2 aliphatic heterocycles. The van der Waals surface area contributed by atoms with Crippen molar-refractivity contribution in [2.45, 2.75) is 31.0 Å². The van der Waals surface area contributed by atoms with Gasteiger partial charge in [-0.05, 0) is 31.7 Å². The van der Waals surface area contributed by atoms with E-state index in [4.69, 9.17) is 10.5 Å². The van der Waals surface area contributed by atoms with Crippen LogP contribution in [0, 0.1) is 5.92 Å². The van der Waals surface area contributed by atoms with Crippen LogP contribution in [0.15, 0.2) is 0 Å². The minimum atomic E-state index is -4.17. The van der Waals surface area contributed by atoms with Crippen molar-refractivity contribution < 1.29 is 22.7 Å². The molecule has 0 radical (unpaired) electrons. The van der Waals surface area contributed by atoms with Gasteiger partial charge in [0.25, 0.3) is 0 Å². The second-order valence-corrected chi connectivity index (χ2v) is 5.98. The molecule has 0 aromatic rings. The largest absolute Gasteiger partial charge is 0.401 e. The molecule has 2 saturated heterocycles. The maximum atomic E-state index is 12.3. The Morgan fingerprint density at radius 1 is 1.38 bits per heavy atom. The number of ether oxygens (including phenoxy) is 1. The first kappa shape index (κ1) is 16.5. The molecule has 2 fully saturated rings. The van der Waals surface area contributed by atoms with Crippen molar-refractivity contribution >= 4 is 5.91 Å². The molecule has 1 atom stereocenters. The second-order valence-electron chi connectivity index (χ2n) is 5.98. The van der Waals surface area contributed by atoms with Crippen LogP contribution in [-0.4, -0.2) is 61.9 Å². The lowest BCUT2D eigenvalue weighted by atomic mass is 9.90. The molecule has 2 rings (SSSR count). The number of likely N-dealkylation sites (tertiary alicyclic amines) is 1. The van der Waals surface area contributed by atoms with Crippen LogP contribution in [0.4, 0.5) is 13.2 Å². The molecular formula is C13H22F3N3O2. The summed E-state index contributed by atoms with van der Waals surface area (Å²) >= 11 is 0. The lowest BCUT2D eigenvalue weighted by molar-refractivity contribution is -0.143. The van der Waals surface area contributed by atoms with E-state index in [-0.39, 0.29) is 11.8 Å². The highest BCUT2D eigenvalue weighted by Gasteiger charge is 2.37. The van der Waals surface area contributed by atoms with E-state index >= 15 is 0 Å². The normalized spacial score (nSPS) is 26.8. The maximum Gasteiger partial charge on any atom is 0.401 e. The molecule has 0 bridgehead atoms. The van der Waals surface area contributed by atoms with Gasteiger partial charge >= 0.3 is 6.18 Å². The fourth-order valence-corrected chi connectivity index (χ4v) is 2.85. The molecule has 2 aliphatic rings. The second kappa shape index (κ2) is 6.50. The van der Waals surface area contributed by atoms with Gasteiger partial charge < -0.3 is 15.8 Å². The fourth-order valence-electron chi connectivity index (χ4n) is 2.85. The van der Waals surface area contributed by atoms with Gasteiger partial charge in [0.15, 0.2) is 0 Å². The number of halogens is 3. The van der Waals surface area contributed by atoms with E-state index in [2.05, 4.69) is 5.32 Å². The topological polar surface area (TPSA) is 67.6 Å². The van der Waals surface area contributed by atoms with Crippen molar-refractivity contribution in [2.24, 2.45) is 11.7 Å². The van der Waals surface area contributed by atoms with Crippen molar-refractivity contribution in [3.63, 3.8) is 0 Å². The number of hydrogen-bond donors (Lipinski definition) is 2. The third-order valence-electron chi connectivity index (χ3n) is 4.16. The zero-order valence-corrected chi connectivity index (χ0v) is 11.9. The number of carbonyl (C=O) groups excluding carboxylic acids is 1. The maximum absolute atomic E-state index is 12.3. The molecule has 8 heteroatoms. The van der Waals surface area contributed by atoms with Gasteiger partial charge in [0, 0.05) is 26.3 Å². The average Bonchev–Trinajstić information content (AvgIpc) is 2.82. The van der Waals surface area contributed by atoms with Crippen LogP contribution in [0.25, 0.3) is 0 Å². The van der Waals surface area contributed by atoms with Gasteiger partial charge in [-0.2, -0.15) is 13.2 Å². The standard InChI is InChI=1S/C13H22F3N3O2/c14-13(15,16)9-19-4-1-10(8-19)7-18-11(20)12(17)2-5-21-6-3-12/h10H,1-9,17H2,(H,18,20). The molecule has 5 nitrogen and oxygen atoms in total. The Kier molecular flexibility index (Phi) is 5.11. The summed E-state index contributed by atoms with van der Waals surface area (Å²) in [6.45, 7) is 1.21. The molecule has 2 heterocycles. The number of carbonyl (C=O) groups is 1. The van der Waals surface area contributed by atoms with Crippen molar-refractivity contribution in [1.29, 1.82) is 0 Å². The highest BCUT2D eigenvalue weighted by Crippen LogP contribution is 2.23. The number of nitrogens with one attached hydrogen (secondary N) is 1. The number of hydrogen-bond acceptors (Lipinski definition) is 4. The molecule has 0 aromatic heterocycles. The average molecular weight is 309 g/mol. The monoisotopic (exact) mass is 309 g/mol. The molecule has 0 saturated carbocycles. The van der Waals surface area contributed by atoms with Gasteiger partial charge in [0.05, 0.1) is 12.1 Å². The summed E-state index contributed by atoms with van der Waals surface area (Å²) in [5.41, 5.74) is 5.15. The Balaban J connectivity index is 1.73. The lowest BCUT2D eigenvalue weighted by Crippen LogP contribution is -2.57. The fraction of sp³-hybridized carbons (Fsp3) is 0.923. The van der Waals surface area contributed by atoms with E-state index in [1.54, 1.807) is 0 Å². The van der Waals surface area contributed by atoms with E-state index in [1.165, 1.54) is 4.90 Å². The van der Waals surface area contributed by atoms with Crippen LogP contribution in [0.5, 0.6) is 0 Å². The number of nitrogens with two attached hydrogens (primary N) is 1. The smallest absolute Gasteiger partial charge is 0.381 e. The summed E-state index contributed by atoms with van der Waals surface area (Å²) in [7, 11) is 0. The SMILES string of the molecule is NC1(C(=O)NCC2CCN(CC(F)(F)F)C2)CCOCC1. The van der Waals surface area contributed by atoms with Gasteiger partial charge in [-0.25, -0.2) is 0 Å². The Hall–Kier alpha value is -0.860. The highest BCUT2D eigenvalue weighted by atomic mass is 19.4. The van der Waals surface area contributed by atoms with Crippen molar-refractivity contribution in [2.75, 3.05) is 39.4 Å². The van der Waals surface area contributed by atoms with Gasteiger partial charge in [0.2, 0.25) is 5.91 Å². The van der Waals surface area contributed by atoms with E-state index < -0.39 is 18.3 Å². The summed E-state index contributed by atoms with van der Waals surface area (Å²) in [6.07, 6.45) is -2.55. The summed E-state index contributed by atoms with van der Waals surface area (Å²) in [4.78, 5) is 13.5. The Labute approximate surface area is 122 Å². The summed E-state index contributed by atoms with van der Waals surface area (Å²) in [5.74, 6) is -0.167. The Bertz CT molecular complexity index is 370. The number of alkyl halides is 3. The van der Waals surface area contributed by atoms with E-state index in [0.717, 1.165) is 0 Å². The number of amides is 1. The third-order valence-corrected chi connectivity index (χ3v) is 4.16. The van der Waals surface area contributed by atoms with Crippen LogP contribution in [0.3, 0.4) is 0 Å². The molecule has 21 heavy (non-hydrogen) atoms. The Morgan fingerprint density at radius 2 is 2.05 bits per heavy atom. The predicted molar refractivity (Wildman–Crippen MR) is 70.6 cm³/mol. The van der Waals surface area contributed by atoms with Crippen molar-refractivity contribution in [3.05, 3.63) is 0 Å². The zero-order chi connectivity index (χ0) is 15.5. The van der Waals surface area contributed by atoms with Crippen LogP contribution >= 0.6 is 0 Å². The molecule has 0 spiro atoms. The molecular weight excluding hydrogens is 287 g/mol. The first-order valence-corrected chi connectivity index (χ1v) is 7.22. The minimum Gasteiger partial charge on any atom is -0.381 e. The molecule has 0 aromatic carbocycles. The Morgan fingerprint density at radius 3 is 2.67 bits per heavy atom. The molecule has 122 valence electrons. The van der Waals surface area contributed by atoms with E-state index in [9.17, 15) is 18.0 Å². The summed E-state index contributed by atoms with van der Waals surface area (Å²) in [6, 6.07) is 0. The van der Waals surface area contributed by atoms with Crippen molar-refractivity contribution in [1.82, 2.24) is 10.2 Å². The van der Waals surface area contributed by atoms with Crippen LogP contribution in [0.2, 0.25) is 0 Å². The molecule has 3 N–H and O–H groups in total. The van der Waals surface area contributed by atoms with Crippen LogP contribution in [0.1, 0.15) is 19.3 Å². The third kappa shape index (κ3) is 4.82. The number of nitrogens with zero attached hydrogens (tertiary/aromatic N) is 1. The van der Waals surface area contributed by atoms with Crippen molar-refractivity contribution in [3.8, 4) is 0 Å². The first-order valence-electron chi connectivity index (χ1n) is 7.22. The van der Waals surface area contributed by atoms with E-state index in [0.29, 0.717) is 52.1 Å². The van der Waals surface area contributed by atoms with Crippen LogP contribution < -0.4 is 11.1 Å². The van der Waals surface area contributed by atoms with E-state index in [1.807, 2.05) is 0 Å². The molecule has 0 aliphatic carbocycles.